The molecular formula is C11H18O2. The van der Waals surface area contributed by atoms with Gasteiger partial charge in [0.2, 0.25) is 0 Å². The first-order chi connectivity index (χ1) is 6.15. The zero-order valence-electron chi connectivity index (χ0n) is 8.20. The van der Waals surface area contributed by atoms with Crippen LogP contribution in [-0.4, -0.2) is 17.0 Å². The second-order valence-electron chi connectivity index (χ2n) is 4.87. The van der Waals surface area contributed by atoms with Crippen LogP contribution in [0.4, 0.5) is 0 Å². The number of carbonyl (C=O) groups is 1. The summed E-state index contributed by atoms with van der Waals surface area (Å²) in [6, 6.07) is 0. The molecule has 0 aliphatic heterocycles. The molecule has 2 heteroatoms. The van der Waals surface area contributed by atoms with Crippen molar-refractivity contribution in [1.82, 2.24) is 0 Å². The number of fused-ring (bicyclic) bond motifs is 2. The molecule has 2 aliphatic carbocycles. The average molecular weight is 182 g/mol. The van der Waals surface area contributed by atoms with Crippen molar-refractivity contribution in [2.75, 3.05) is 0 Å². The largest absolute Gasteiger partial charge is 0.393 e. The highest BCUT2D eigenvalue weighted by Gasteiger charge is 2.36. The lowest BCUT2D eigenvalue weighted by atomic mass is 9.66. The number of Topliss-reactive ketones (excluding diaryl/α,β-unsaturated/α-hetero) is 1. The number of aliphatic hydroxyl groups is 1. The highest BCUT2D eigenvalue weighted by Crippen LogP contribution is 2.42. The van der Waals surface area contributed by atoms with Gasteiger partial charge in [-0.15, -0.1) is 0 Å². The van der Waals surface area contributed by atoms with E-state index in [4.69, 9.17) is 0 Å². The summed E-state index contributed by atoms with van der Waals surface area (Å²) >= 11 is 0. The predicted molar refractivity (Wildman–Crippen MR) is 50.2 cm³/mol. The number of hydrogen-bond donors (Lipinski definition) is 1. The highest BCUT2D eigenvalue weighted by molar-refractivity contribution is 5.78. The summed E-state index contributed by atoms with van der Waals surface area (Å²) in [6.07, 6.45) is 5.09. The molecule has 0 spiro atoms. The molecule has 2 nitrogen and oxygen atoms in total. The van der Waals surface area contributed by atoms with Gasteiger partial charge in [-0.3, -0.25) is 4.79 Å². The molecule has 0 amide bonds. The first kappa shape index (κ1) is 9.20. The van der Waals surface area contributed by atoms with Gasteiger partial charge >= 0.3 is 0 Å². The lowest BCUT2D eigenvalue weighted by Crippen LogP contribution is -2.35. The van der Waals surface area contributed by atoms with E-state index in [9.17, 15) is 9.90 Å². The summed E-state index contributed by atoms with van der Waals surface area (Å²) in [4.78, 5) is 11.2. The van der Waals surface area contributed by atoms with Crippen LogP contribution in [0.1, 0.15) is 39.0 Å². The van der Waals surface area contributed by atoms with Crippen molar-refractivity contribution in [1.29, 1.82) is 0 Å². The van der Waals surface area contributed by atoms with Gasteiger partial charge in [0.05, 0.1) is 6.10 Å². The van der Waals surface area contributed by atoms with E-state index in [1.54, 1.807) is 6.92 Å². The Hall–Kier alpha value is -0.370. The SMILES string of the molecule is CC(=O)C1CC2CC(O)CC(C2)C1. The number of carbonyl (C=O) groups excluding carboxylic acids is 1. The van der Waals surface area contributed by atoms with Crippen molar-refractivity contribution in [3.05, 3.63) is 0 Å². The fraction of sp³-hybridized carbons (Fsp3) is 0.909. The second kappa shape index (κ2) is 3.41. The molecule has 0 heterocycles. The Morgan fingerprint density at radius 3 is 2.08 bits per heavy atom. The normalized spacial score (nSPS) is 44.5. The third kappa shape index (κ3) is 1.93. The zero-order valence-corrected chi connectivity index (χ0v) is 8.20. The van der Waals surface area contributed by atoms with Gasteiger partial charge in [0.25, 0.3) is 0 Å². The molecule has 1 N–H and O–H groups in total. The minimum absolute atomic E-state index is 0.0864. The van der Waals surface area contributed by atoms with Crippen molar-refractivity contribution in [2.24, 2.45) is 17.8 Å². The van der Waals surface area contributed by atoms with Crippen LogP contribution in [0.15, 0.2) is 0 Å². The van der Waals surface area contributed by atoms with E-state index in [2.05, 4.69) is 0 Å². The first-order valence-corrected chi connectivity index (χ1v) is 5.33. The molecule has 0 aromatic rings. The van der Waals surface area contributed by atoms with Gasteiger partial charge in [-0.2, -0.15) is 0 Å². The molecule has 0 radical (unpaired) electrons. The maximum Gasteiger partial charge on any atom is 0.132 e. The van der Waals surface area contributed by atoms with Gasteiger partial charge in [-0.25, -0.2) is 0 Å². The standard InChI is InChI=1S/C11H18O2/c1-7(12)10-3-8-2-9(4-10)6-11(13)5-8/h8-11,13H,2-6H2,1H3. The average Bonchev–Trinajstić information content (AvgIpc) is 2.01. The summed E-state index contributed by atoms with van der Waals surface area (Å²) < 4.78 is 0. The van der Waals surface area contributed by atoms with Crippen LogP contribution >= 0.6 is 0 Å². The van der Waals surface area contributed by atoms with Crippen molar-refractivity contribution >= 4 is 5.78 Å². The number of hydrogen-bond acceptors (Lipinski definition) is 2. The van der Waals surface area contributed by atoms with E-state index in [0.717, 1.165) is 25.7 Å². The van der Waals surface area contributed by atoms with Crippen LogP contribution in [0.3, 0.4) is 0 Å². The zero-order chi connectivity index (χ0) is 9.42. The Kier molecular flexibility index (Phi) is 2.41. The van der Waals surface area contributed by atoms with Gasteiger partial charge < -0.3 is 5.11 Å². The van der Waals surface area contributed by atoms with Gasteiger partial charge in [0.1, 0.15) is 5.78 Å². The van der Waals surface area contributed by atoms with Gasteiger partial charge in [-0.1, -0.05) is 0 Å². The molecule has 0 aromatic heterocycles. The maximum absolute atomic E-state index is 11.2. The summed E-state index contributed by atoms with van der Waals surface area (Å²) in [7, 11) is 0. The van der Waals surface area contributed by atoms with E-state index >= 15 is 0 Å². The lowest BCUT2D eigenvalue weighted by molar-refractivity contribution is -0.124. The Labute approximate surface area is 79.3 Å². The van der Waals surface area contributed by atoms with E-state index < -0.39 is 0 Å². The Morgan fingerprint density at radius 1 is 1.08 bits per heavy atom. The Bertz CT molecular complexity index is 194. The lowest BCUT2D eigenvalue weighted by Gasteiger charge is -2.40. The first-order valence-electron chi connectivity index (χ1n) is 5.33. The van der Waals surface area contributed by atoms with Crippen LogP contribution in [0.25, 0.3) is 0 Å². The Morgan fingerprint density at radius 2 is 1.62 bits per heavy atom. The second-order valence-corrected chi connectivity index (χ2v) is 4.87. The number of rotatable bonds is 1. The topological polar surface area (TPSA) is 37.3 Å². The fourth-order valence-corrected chi connectivity index (χ4v) is 3.15. The summed E-state index contributed by atoms with van der Waals surface area (Å²) in [5.41, 5.74) is 0. The summed E-state index contributed by atoms with van der Waals surface area (Å²) in [6.45, 7) is 1.71. The maximum atomic E-state index is 11.2. The minimum Gasteiger partial charge on any atom is -0.393 e. The molecule has 0 aromatic carbocycles. The molecule has 2 saturated carbocycles. The Balaban J connectivity index is 2.01. The molecule has 2 atom stereocenters. The van der Waals surface area contributed by atoms with E-state index in [0.29, 0.717) is 23.5 Å². The molecule has 2 bridgehead atoms. The fourth-order valence-electron chi connectivity index (χ4n) is 3.15. The van der Waals surface area contributed by atoms with Crippen LogP contribution in [0.5, 0.6) is 0 Å². The van der Waals surface area contributed by atoms with E-state index in [1.807, 2.05) is 0 Å². The van der Waals surface area contributed by atoms with E-state index in [-0.39, 0.29) is 6.10 Å². The van der Waals surface area contributed by atoms with Crippen molar-refractivity contribution in [2.45, 2.75) is 45.1 Å². The van der Waals surface area contributed by atoms with Crippen LogP contribution in [-0.2, 0) is 4.79 Å². The molecule has 0 saturated heterocycles. The van der Waals surface area contributed by atoms with Crippen LogP contribution < -0.4 is 0 Å². The van der Waals surface area contributed by atoms with Crippen molar-refractivity contribution in [3.63, 3.8) is 0 Å². The molecule has 13 heavy (non-hydrogen) atoms. The summed E-state index contributed by atoms with van der Waals surface area (Å²) in [5.74, 6) is 1.90. The number of ketones is 1. The third-order valence-corrected chi connectivity index (χ3v) is 3.69. The van der Waals surface area contributed by atoms with Crippen molar-refractivity contribution < 1.29 is 9.90 Å². The minimum atomic E-state index is -0.0864. The highest BCUT2D eigenvalue weighted by atomic mass is 16.3. The molecular weight excluding hydrogens is 164 g/mol. The molecule has 2 rings (SSSR count). The third-order valence-electron chi connectivity index (χ3n) is 3.69. The summed E-state index contributed by atoms with van der Waals surface area (Å²) in [5, 5.41) is 9.55. The van der Waals surface area contributed by atoms with Gasteiger partial charge in [0, 0.05) is 5.92 Å². The molecule has 74 valence electrons. The van der Waals surface area contributed by atoms with Gasteiger partial charge in [0.15, 0.2) is 0 Å². The predicted octanol–water partition coefficient (Wildman–Crippen LogP) is 1.76. The molecule has 2 aliphatic rings. The molecule has 2 fully saturated rings. The van der Waals surface area contributed by atoms with Crippen molar-refractivity contribution in [3.8, 4) is 0 Å². The van der Waals surface area contributed by atoms with E-state index in [1.165, 1.54) is 6.42 Å². The quantitative estimate of drug-likeness (QED) is 0.671. The van der Waals surface area contributed by atoms with Gasteiger partial charge in [-0.05, 0) is 50.9 Å². The van der Waals surface area contributed by atoms with Crippen LogP contribution in [0, 0.1) is 17.8 Å². The monoisotopic (exact) mass is 182 g/mol. The van der Waals surface area contributed by atoms with Crippen LogP contribution in [0.2, 0.25) is 0 Å². The smallest absolute Gasteiger partial charge is 0.132 e. The molecule has 2 unspecified atom stereocenters. The number of aliphatic hydroxyl groups excluding tert-OH is 1.